The minimum Gasteiger partial charge on any atom is -0.356 e. The van der Waals surface area contributed by atoms with Gasteiger partial charge in [0.2, 0.25) is 5.13 Å². The lowest BCUT2D eigenvalue weighted by Gasteiger charge is -2.11. The second-order valence-corrected chi connectivity index (χ2v) is 3.23. The molecule has 1 rings (SSSR count). The Morgan fingerprint density at radius 2 is 2.67 bits per heavy atom. The fraction of sp³-hybridized carbons (Fsp3) is 0.500. The first-order chi connectivity index (χ1) is 5.86. The molecule has 1 unspecified atom stereocenters. The third kappa shape index (κ3) is 2.51. The van der Waals surface area contributed by atoms with E-state index in [2.05, 4.69) is 28.4 Å². The zero-order chi connectivity index (χ0) is 8.81. The lowest BCUT2D eigenvalue weighted by Crippen LogP contribution is -2.17. The molecule has 0 amide bonds. The lowest BCUT2D eigenvalue weighted by molar-refractivity contribution is 0.713. The maximum Gasteiger partial charge on any atom is 0.205 e. The predicted molar refractivity (Wildman–Crippen MR) is 51.1 cm³/mol. The van der Waals surface area contributed by atoms with E-state index in [1.807, 2.05) is 0 Å². The minimum atomic E-state index is 0.322. The molecule has 1 heterocycles. The van der Waals surface area contributed by atoms with Crippen LogP contribution in [0.5, 0.6) is 0 Å². The first kappa shape index (κ1) is 9.01. The number of hydrogen-bond acceptors (Lipinski definition) is 4. The highest BCUT2D eigenvalue weighted by Gasteiger charge is 2.05. The fourth-order valence-corrected chi connectivity index (χ4v) is 1.37. The molecule has 0 aromatic carbocycles. The summed E-state index contributed by atoms with van der Waals surface area (Å²) in [5.74, 6) is 2.63. The van der Waals surface area contributed by atoms with Gasteiger partial charge in [-0.2, -0.15) is 0 Å². The van der Waals surface area contributed by atoms with Gasteiger partial charge in [-0.15, -0.1) is 22.5 Å². The van der Waals surface area contributed by atoms with E-state index in [-0.39, 0.29) is 0 Å². The smallest absolute Gasteiger partial charge is 0.205 e. The van der Waals surface area contributed by atoms with Gasteiger partial charge in [0, 0.05) is 12.5 Å². The molecule has 0 saturated carbocycles. The monoisotopic (exact) mass is 181 g/mol. The molecule has 0 aliphatic carbocycles. The maximum absolute atomic E-state index is 5.21. The van der Waals surface area contributed by atoms with E-state index in [9.17, 15) is 0 Å². The Labute approximate surface area is 76.2 Å². The summed E-state index contributed by atoms with van der Waals surface area (Å²) in [7, 11) is 0. The molecule has 1 atom stereocenters. The van der Waals surface area contributed by atoms with Crippen LogP contribution >= 0.6 is 11.3 Å². The van der Waals surface area contributed by atoms with Crippen LogP contribution in [0.15, 0.2) is 5.51 Å². The van der Waals surface area contributed by atoms with Crippen molar-refractivity contribution in [1.82, 2.24) is 10.2 Å². The summed E-state index contributed by atoms with van der Waals surface area (Å²) >= 11 is 1.49. The molecular formula is C8H11N3S. The van der Waals surface area contributed by atoms with Gasteiger partial charge in [-0.1, -0.05) is 18.3 Å². The van der Waals surface area contributed by atoms with Crippen molar-refractivity contribution in [3.05, 3.63) is 5.51 Å². The van der Waals surface area contributed by atoms with Crippen LogP contribution in [-0.4, -0.2) is 16.2 Å². The van der Waals surface area contributed by atoms with E-state index in [1.54, 1.807) is 5.51 Å². The van der Waals surface area contributed by atoms with Gasteiger partial charge < -0.3 is 5.32 Å². The third-order valence-corrected chi connectivity index (χ3v) is 2.17. The van der Waals surface area contributed by atoms with Gasteiger partial charge in [-0.25, -0.2) is 0 Å². The van der Waals surface area contributed by atoms with Gasteiger partial charge in [0.05, 0.1) is 0 Å². The lowest BCUT2D eigenvalue weighted by atomic mass is 10.2. The fourth-order valence-electron chi connectivity index (χ4n) is 0.850. The highest BCUT2D eigenvalue weighted by atomic mass is 32.1. The number of anilines is 1. The van der Waals surface area contributed by atoms with Crippen LogP contribution in [0.4, 0.5) is 5.13 Å². The summed E-state index contributed by atoms with van der Waals surface area (Å²) in [4.78, 5) is 0. The molecule has 12 heavy (non-hydrogen) atoms. The summed E-state index contributed by atoms with van der Waals surface area (Å²) in [5, 5.41) is 11.7. The second kappa shape index (κ2) is 4.73. The summed E-state index contributed by atoms with van der Waals surface area (Å²) in [6.07, 6.45) is 6.95. The van der Waals surface area contributed by atoms with Crippen LogP contribution in [0.3, 0.4) is 0 Å². The van der Waals surface area contributed by atoms with Gasteiger partial charge in [0.15, 0.2) is 0 Å². The van der Waals surface area contributed by atoms with Crippen LogP contribution in [0.2, 0.25) is 0 Å². The quantitative estimate of drug-likeness (QED) is 0.719. The molecule has 0 fully saturated rings. The number of nitrogens with one attached hydrogen (secondary N) is 1. The molecular weight excluding hydrogens is 170 g/mol. The minimum absolute atomic E-state index is 0.322. The number of aromatic nitrogens is 2. The van der Waals surface area contributed by atoms with E-state index in [0.717, 1.165) is 18.0 Å². The average Bonchev–Trinajstić information content (AvgIpc) is 2.56. The predicted octanol–water partition coefficient (Wildman–Crippen LogP) is 1.75. The van der Waals surface area contributed by atoms with E-state index in [4.69, 9.17) is 6.42 Å². The van der Waals surface area contributed by atoms with E-state index < -0.39 is 0 Å². The van der Waals surface area contributed by atoms with Crippen molar-refractivity contribution in [3.8, 4) is 12.3 Å². The average molecular weight is 181 g/mol. The molecule has 0 aliphatic rings. The number of rotatable bonds is 4. The highest BCUT2D eigenvalue weighted by Crippen LogP contribution is 2.12. The Morgan fingerprint density at radius 3 is 3.17 bits per heavy atom. The molecule has 0 aliphatic heterocycles. The Hall–Kier alpha value is -1.08. The van der Waals surface area contributed by atoms with Crippen molar-refractivity contribution < 1.29 is 0 Å². The van der Waals surface area contributed by atoms with Crippen LogP contribution in [0.25, 0.3) is 0 Å². The summed E-state index contributed by atoms with van der Waals surface area (Å²) in [6, 6.07) is 0.322. The zero-order valence-corrected chi connectivity index (χ0v) is 7.77. The van der Waals surface area contributed by atoms with Gasteiger partial charge in [0.25, 0.3) is 0 Å². The van der Waals surface area contributed by atoms with Crippen LogP contribution < -0.4 is 5.32 Å². The SMILES string of the molecule is C#CCC(CC)Nc1nncs1. The summed E-state index contributed by atoms with van der Waals surface area (Å²) in [5.41, 5.74) is 1.70. The molecule has 3 nitrogen and oxygen atoms in total. The molecule has 1 aromatic rings. The van der Waals surface area contributed by atoms with Crippen molar-refractivity contribution in [3.63, 3.8) is 0 Å². The summed E-state index contributed by atoms with van der Waals surface area (Å²) < 4.78 is 0. The normalized spacial score (nSPS) is 12.0. The van der Waals surface area contributed by atoms with Crippen molar-refractivity contribution in [2.45, 2.75) is 25.8 Å². The molecule has 4 heteroatoms. The van der Waals surface area contributed by atoms with Crippen molar-refractivity contribution >= 4 is 16.5 Å². The van der Waals surface area contributed by atoms with Gasteiger partial charge in [-0.05, 0) is 6.42 Å². The first-order valence-electron chi connectivity index (χ1n) is 3.83. The van der Waals surface area contributed by atoms with E-state index in [0.29, 0.717) is 6.04 Å². The third-order valence-electron chi connectivity index (χ3n) is 1.54. The topological polar surface area (TPSA) is 37.8 Å². The van der Waals surface area contributed by atoms with Crippen LogP contribution in [-0.2, 0) is 0 Å². The van der Waals surface area contributed by atoms with Crippen molar-refractivity contribution in [2.24, 2.45) is 0 Å². The molecule has 0 spiro atoms. The largest absolute Gasteiger partial charge is 0.356 e. The maximum atomic E-state index is 5.21. The first-order valence-corrected chi connectivity index (χ1v) is 4.71. The second-order valence-electron chi connectivity index (χ2n) is 2.40. The van der Waals surface area contributed by atoms with Crippen LogP contribution in [0, 0.1) is 12.3 Å². The molecule has 0 bridgehead atoms. The molecule has 1 N–H and O–H groups in total. The molecule has 0 saturated heterocycles. The zero-order valence-electron chi connectivity index (χ0n) is 6.95. The van der Waals surface area contributed by atoms with Gasteiger partial charge in [0.1, 0.15) is 5.51 Å². The number of nitrogens with zero attached hydrogens (tertiary/aromatic N) is 2. The summed E-state index contributed by atoms with van der Waals surface area (Å²) in [6.45, 7) is 2.09. The van der Waals surface area contributed by atoms with Crippen molar-refractivity contribution in [2.75, 3.05) is 5.32 Å². The Balaban J connectivity index is 2.44. The Bertz CT molecular complexity index is 250. The molecule has 1 aromatic heterocycles. The standard InChI is InChI=1S/C8H11N3S/c1-3-5-7(4-2)10-8-11-9-6-12-8/h1,6-7H,4-5H2,2H3,(H,10,11). The molecule has 0 radical (unpaired) electrons. The van der Waals surface area contributed by atoms with Gasteiger partial charge >= 0.3 is 0 Å². The van der Waals surface area contributed by atoms with Crippen molar-refractivity contribution in [1.29, 1.82) is 0 Å². The number of hydrogen-bond donors (Lipinski definition) is 1. The van der Waals surface area contributed by atoms with Gasteiger partial charge in [-0.3, -0.25) is 0 Å². The van der Waals surface area contributed by atoms with E-state index >= 15 is 0 Å². The number of terminal acetylenes is 1. The highest BCUT2D eigenvalue weighted by molar-refractivity contribution is 7.13. The van der Waals surface area contributed by atoms with E-state index in [1.165, 1.54) is 11.3 Å². The Kier molecular flexibility index (Phi) is 3.55. The molecule has 64 valence electrons. The Morgan fingerprint density at radius 1 is 1.83 bits per heavy atom. The van der Waals surface area contributed by atoms with Crippen LogP contribution in [0.1, 0.15) is 19.8 Å².